The normalized spacial score (nSPS) is 10.2. The third kappa shape index (κ3) is 3.16. The van der Waals surface area contributed by atoms with E-state index >= 15 is 0 Å². The van der Waals surface area contributed by atoms with Crippen LogP contribution in [0.2, 0.25) is 0 Å². The lowest BCUT2D eigenvalue weighted by molar-refractivity contribution is -0.387. The van der Waals surface area contributed by atoms with Crippen molar-refractivity contribution >= 4 is 11.6 Å². The number of rotatable bonds is 5. The van der Waals surface area contributed by atoms with Crippen LogP contribution in [-0.4, -0.2) is 27.3 Å². The second-order valence-electron chi connectivity index (χ2n) is 3.97. The number of aromatic amines is 1. The molecule has 0 fully saturated rings. The summed E-state index contributed by atoms with van der Waals surface area (Å²) in [4.78, 5) is 28.2. The second-order valence-corrected chi connectivity index (χ2v) is 3.97. The number of imidazole rings is 1. The minimum absolute atomic E-state index is 0.0348. The van der Waals surface area contributed by atoms with Crippen LogP contribution in [0.15, 0.2) is 30.6 Å². The summed E-state index contributed by atoms with van der Waals surface area (Å²) < 4.78 is 13.4. The van der Waals surface area contributed by atoms with E-state index in [1.54, 1.807) is 12.4 Å². The Hall–Kier alpha value is -2.77. The number of carbonyl (C=O) groups is 1. The van der Waals surface area contributed by atoms with Crippen LogP contribution in [0.4, 0.5) is 10.1 Å². The molecule has 2 aromatic rings. The zero-order valence-electron chi connectivity index (χ0n) is 10.3. The van der Waals surface area contributed by atoms with Crippen LogP contribution in [0.1, 0.15) is 16.2 Å². The Kier molecular flexibility index (Phi) is 4.04. The highest BCUT2D eigenvalue weighted by molar-refractivity contribution is 5.94. The Balaban J connectivity index is 1.95. The van der Waals surface area contributed by atoms with Gasteiger partial charge >= 0.3 is 5.69 Å². The number of nitro benzene ring substituents is 1. The molecule has 0 bridgehead atoms. The van der Waals surface area contributed by atoms with Crippen molar-refractivity contribution in [2.24, 2.45) is 0 Å². The molecule has 7 nitrogen and oxygen atoms in total. The van der Waals surface area contributed by atoms with Crippen molar-refractivity contribution in [2.75, 3.05) is 6.54 Å². The molecule has 2 N–H and O–H groups in total. The highest BCUT2D eigenvalue weighted by Crippen LogP contribution is 2.17. The number of aromatic nitrogens is 2. The number of carbonyl (C=O) groups excluding carboxylic acids is 1. The van der Waals surface area contributed by atoms with Gasteiger partial charge in [0.1, 0.15) is 5.82 Å². The molecule has 0 saturated carbocycles. The molecular weight excluding hydrogens is 267 g/mol. The summed E-state index contributed by atoms with van der Waals surface area (Å²) in [6.45, 7) is 0.324. The maximum absolute atomic E-state index is 13.4. The second kappa shape index (κ2) is 5.91. The van der Waals surface area contributed by atoms with Crippen LogP contribution in [0.5, 0.6) is 0 Å². The van der Waals surface area contributed by atoms with Crippen molar-refractivity contribution in [2.45, 2.75) is 6.42 Å². The van der Waals surface area contributed by atoms with Crippen molar-refractivity contribution in [3.63, 3.8) is 0 Å². The topological polar surface area (TPSA) is 101 Å². The molecule has 1 aromatic heterocycles. The van der Waals surface area contributed by atoms with Gasteiger partial charge in [-0.25, -0.2) is 4.98 Å². The number of amides is 1. The van der Waals surface area contributed by atoms with Gasteiger partial charge < -0.3 is 10.3 Å². The van der Waals surface area contributed by atoms with Gasteiger partial charge in [-0.1, -0.05) is 0 Å². The molecule has 0 unspecified atom stereocenters. The number of nitrogens with one attached hydrogen (secondary N) is 2. The molecule has 1 amide bonds. The van der Waals surface area contributed by atoms with E-state index in [0.717, 1.165) is 18.0 Å². The zero-order chi connectivity index (χ0) is 14.5. The number of nitrogens with zero attached hydrogens (tertiary/aromatic N) is 2. The summed E-state index contributed by atoms with van der Waals surface area (Å²) in [6.07, 6.45) is 3.78. The Labute approximate surface area is 113 Å². The van der Waals surface area contributed by atoms with Crippen LogP contribution in [0.3, 0.4) is 0 Å². The number of hydrogen-bond donors (Lipinski definition) is 2. The molecule has 0 radical (unpaired) electrons. The SMILES string of the molecule is O=C(NCCc1ncc[nH]1)c1ccc([N+](=O)[O-])c(F)c1. The van der Waals surface area contributed by atoms with Gasteiger partial charge in [0.05, 0.1) is 4.92 Å². The summed E-state index contributed by atoms with van der Waals surface area (Å²) in [5.41, 5.74) is -0.621. The number of benzene rings is 1. The van der Waals surface area contributed by atoms with Crippen LogP contribution in [0, 0.1) is 15.9 Å². The van der Waals surface area contributed by atoms with Gasteiger partial charge in [0.2, 0.25) is 5.82 Å². The molecule has 104 valence electrons. The summed E-state index contributed by atoms with van der Waals surface area (Å²) in [5, 5.41) is 13.0. The molecule has 2 rings (SSSR count). The third-order valence-corrected chi connectivity index (χ3v) is 2.61. The Morgan fingerprint density at radius 1 is 1.50 bits per heavy atom. The standard InChI is InChI=1S/C12H11FN4O3/c13-9-7-8(1-2-10(9)17(19)20)12(18)16-4-3-11-14-5-6-15-11/h1-2,5-7H,3-4H2,(H,14,15)(H,16,18). The summed E-state index contributed by atoms with van der Waals surface area (Å²) in [6, 6.07) is 3.03. The van der Waals surface area contributed by atoms with Crippen LogP contribution >= 0.6 is 0 Å². The van der Waals surface area contributed by atoms with Crippen molar-refractivity contribution in [1.82, 2.24) is 15.3 Å². The van der Waals surface area contributed by atoms with Gasteiger partial charge in [-0.3, -0.25) is 14.9 Å². The van der Waals surface area contributed by atoms with Crippen molar-refractivity contribution in [3.05, 3.63) is 57.9 Å². The first-order valence-electron chi connectivity index (χ1n) is 5.78. The van der Waals surface area contributed by atoms with Crippen LogP contribution < -0.4 is 5.32 Å². The smallest absolute Gasteiger partial charge is 0.304 e. The minimum Gasteiger partial charge on any atom is -0.352 e. The first kappa shape index (κ1) is 13.7. The van der Waals surface area contributed by atoms with Crippen LogP contribution in [-0.2, 0) is 6.42 Å². The summed E-state index contributed by atoms with van der Waals surface area (Å²) in [5.74, 6) is -0.806. The number of halogens is 1. The molecule has 1 heterocycles. The first-order chi connectivity index (χ1) is 9.58. The van der Waals surface area contributed by atoms with E-state index in [1.807, 2.05) is 0 Å². The van der Waals surface area contributed by atoms with Crippen molar-refractivity contribution in [1.29, 1.82) is 0 Å². The van der Waals surface area contributed by atoms with E-state index in [4.69, 9.17) is 0 Å². The zero-order valence-corrected chi connectivity index (χ0v) is 10.3. The monoisotopic (exact) mass is 278 g/mol. The predicted molar refractivity (Wildman–Crippen MR) is 67.7 cm³/mol. The molecule has 0 aliphatic heterocycles. The van der Waals surface area contributed by atoms with Gasteiger partial charge in [0.15, 0.2) is 0 Å². The molecule has 20 heavy (non-hydrogen) atoms. The highest BCUT2D eigenvalue weighted by Gasteiger charge is 2.16. The largest absolute Gasteiger partial charge is 0.352 e. The van der Waals surface area contributed by atoms with Gasteiger partial charge in [0.25, 0.3) is 5.91 Å². The molecule has 0 atom stereocenters. The number of H-pyrrole nitrogens is 1. The van der Waals surface area contributed by atoms with Gasteiger partial charge in [0, 0.05) is 37.0 Å². The molecule has 0 aliphatic rings. The Morgan fingerprint density at radius 3 is 2.90 bits per heavy atom. The Morgan fingerprint density at radius 2 is 2.30 bits per heavy atom. The molecule has 0 saturated heterocycles. The first-order valence-corrected chi connectivity index (χ1v) is 5.78. The molecule has 0 aliphatic carbocycles. The fraction of sp³-hybridized carbons (Fsp3) is 0.167. The number of nitro groups is 1. The van der Waals surface area contributed by atoms with E-state index in [9.17, 15) is 19.3 Å². The summed E-state index contributed by atoms with van der Waals surface area (Å²) >= 11 is 0. The van der Waals surface area contributed by atoms with Crippen molar-refractivity contribution in [3.8, 4) is 0 Å². The van der Waals surface area contributed by atoms with Crippen molar-refractivity contribution < 1.29 is 14.1 Å². The quantitative estimate of drug-likeness (QED) is 0.638. The molecular formula is C12H11FN4O3. The van der Waals surface area contributed by atoms with Gasteiger partial charge in [-0.15, -0.1) is 0 Å². The lowest BCUT2D eigenvalue weighted by Crippen LogP contribution is -2.26. The van der Waals surface area contributed by atoms with Crippen LogP contribution in [0.25, 0.3) is 0 Å². The maximum Gasteiger partial charge on any atom is 0.304 e. The van der Waals surface area contributed by atoms with E-state index in [1.165, 1.54) is 6.07 Å². The van der Waals surface area contributed by atoms with E-state index in [0.29, 0.717) is 13.0 Å². The fourth-order valence-corrected chi connectivity index (χ4v) is 1.63. The minimum atomic E-state index is -1.03. The lowest BCUT2D eigenvalue weighted by Gasteiger charge is -2.04. The van der Waals surface area contributed by atoms with E-state index in [2.05, 4.69) is 15.3 Å². The fourth-order valence-electron chi connectivity index (χ4n) is 1.63. The lowest BCUT2D eigenvalue weighted by atomic mass is 10.2. The number of hydrogen-bond acceptors (Lipinski definition) is 4. The maximum atomic E-state index is 13.4. The molecule has 1 aromatic carbocycles. The van der Waals surface area contributed by atoms with Gasteiger partial charge in [-0.05, 0) is 12.1 Å². The average Bonchev–Trinajstić information content (AvgIpc) is 2.91. The van der Waals surface area contributed by atoms with Gasteiger partial charge in [-0.2, -0.15) is 4.39 Å². The third-order valence-electron chi connectivity index (χ3n) is 2.61. The molecule has 8 heteroatoms. The predicted octanol–water partition coefficient (Wildman–Crippen LogP) is 1.43. The Bertz CT molecular complexity index is 628. The van der Waals surface area contributed by atoms with E-state index < -0.39 is 22.3 Å². The summed E-state index contributed by atoms with van der Waals surface area (Å²) in [7, 11) is 0. The van der Waals surface area contributed by atoms with E-state index in [-0.39, 0.29) is 5.56 Å². The molecule has 0 spiro atoms. The highest BCUT2D eigenvalue weighted by atomic mass is 19.1. The average molecular weight is 278 g/mol.